The topological polar surface area (TPSA) is 45.5 Å². The molecule has 2 heterocycles. The standard InChI is InChI=1S/C22H26F3N5/c1-3-26-21(30-11-9-18(16-30)12-19-14-28-29(2)15-19)27-10-5-7-17-6-4-8-20(13-17)22(23,24)25/h4,6,8,13-15,18H,3,9-12,16H2,1-2H3,(H,26,27). The van der Waals surface area contributed by atoms with Crippen molar-refractivity contribution in [1.82, 2.24) is 20.0 Å². The molecule has 5 nitrogen and oxygen atoms in total. The van der Waals surface area contributed by atoms with Gasteiger partial charge in [0.2, 0.25) is 0 Å². The number of guanidine groups is 1. The molecule has 0 spiro atoms. The van der Waals surface area contributed by atoms with Crippen molar-refractivity contribution in [1.29, 1.82) is 0 Å². The van der Waals surface area contributed by atoms with Gasteiger partial charge in [0.1, 0.15) is 6.54 Å². The molecule has 1 unspecified atom stereocenters. The van der Waals surface area contributed by atoms with Gasteiger partial charge in [0.05, 0.1) is 11.8 Å². The minimum absolute atomic E-state index is 0.225. The summed E-state index contributed by atoms with van der Waals surface area (Å²) in [6.45, 7) is 4.79. The number of benzene rings is 1. The Morgan fingerprint density at radius 3 is 2.90 bits per heavy atom. The van der Waals surface area contributed by atoms with E-state index in [4.69, 9.17) is 0 Å². The summed E-state index contributed by atoms with van der Waals surface area (Å²) < 4.78 is 40.2. The normalized spacial score (nSPS) is 17.0. The van der Waals surface area contributed by atoms with Crippen LogP contribution in [0.3, 0.4) is 0 Å². The maximum Gasteiger partial charge on any atom is 0.416 e. The maximum atomic E-state index is 12.8. The highest BCUT2D eigenvalue weighted by Crippen LogP contribution is 2.29. The highest BCUT2D eigenvalue weighted by atomic mass is 19.4. The van der Waals surface area contributed by atoms with Crippen LogP contribution in [0.2, 0.25) is 0 Å². The molecule has 160 valence electrons. The van der Waals surface area contributed by atoms with Crippen LogP contribution >= 0.6 is 0 Å². The van der Waals surface area contributed by atoms with Gasteiger partial charge in [-0.15, -0.1) is 0 Å². The lowest BCUT2D eigenvalue weighted by atomic mass is 10.0. The van der Waals surface area contributed by atoms with Gasteiger partial charge in [-0.1, -0.05) is 17.9 Å². The molecule has 3 rings (SSSR count). The van der Waals surface area contributed by atoms with Gasteiger partial charge in [-0.05, 0) is 49.4 Å². The maximum absolute atomic E-state index is 12.8. The molecule has 1 aliphatic rings. The van der Waals surface area contributed by atoms with Crippen LogP contribution < -0.4 is 5.32 Å². The van der Waals surface area contributed by atoms with Gasteiger partial charge >= 0.3 is 6.18 Å². The van der Waals surface area contributed by atoms with Gasteiger partial charge in [-0.25, -0.2) is 4.99 Å². The summed E-state index contributed by atoms with van der Waals surface area (Å²) in [7, 11) is 1.92. The molecular formula is C22H26F3N5. The summed E-state index contributed by atoms with van der Waals surface area (Å²) in [6.07, 6.45) is 1.65. The zero-order valence-corrected chi connectivity index (χ0v) is 17.2. The molecule has 2 aromatic rings. The fourth-order valence-corrected chi connectivity index (χ4v) is 3.56. The van der Waals surface area contributed by atoms with Gasteiger partial charge < -0.3 is 10.2 Å². The van der Waals surface area contributed by atoms with Crippen LogP contribution in [0.15, 0.2) is 41.7 Å². The molecule has 1 atom stereocenters. The lowest BCUT2D eigenvalue weighted by molar-refractivity contribution is -0.137. The number of hydrogen-bond donors (Lipinski definition) is 1. The Kier molecular flexibility index (Phi) is 7.03. The highest BCUT2D eigenvalue weighted by Gasteiger charge is 2.30. The lowest BCUT2D eigenvalue weighted by Crippen LogP contribution is -2.40. The fourth-order valence-electron chi connectivity index (χ4n) is 3.56. The molecule has 1 fully saturated rings. The minimum atomic E-state index is -4.36. The third-order valence-electron chi connectivity index (χ3n) is 4.93. The monoisotopic (exact) mass is 417 g/mol. The number of nitrogens with zero attached hydrogens (tertiary/aromatic N) is 4. The van der Waals surface area contributed by atoms with E-state index in [0.29, 0.717) is 11.5 Å². The number of nitrogens with one attached hydrogen (secondary N) is 1. The van der Waals surface area contributed by atoms with Crippen LogP contribution in [0.5, 0.6) is 0 Å². The number of aryl methyl sites for hydroxylation is 1. The van der Waals surface area contributed by atoms with Crippen molar-refractivity contribution >= 4 is 5.96 Å². The largest absolute Gasteiger partial charge is 0.416 e. The van der Waals surface area contributed by atoms with Crippen molar-refractivity contribution in [2.75, 3.05) is 26.2 Å². The van der Waals surface area contributed by atoms with Crippen molar-refractivity contribution in [3.63, 3.8) is 0 Å². The fraction of sp³-hybridized carbons (Fsp3) is 0.455. The summed E-state index contributed by atoms with van der Waals surface area (Å²) in [5.74, 6) is 6.97. The summed E-state index contributed by atoms with van der Waals surface area (Å²) in [4.78, 5) is 6.77. The van der Waals surface area contributed by atoms with Gasteiger partial charge in [-0.2, -0.15) is 18.3 Å². The van der Waals surface area contributed by atoms with E-state index in [-0.39, 0.29) is 6.54 Å². The summed E-state index contributed by atoms with van der Waals surface area (Å²) in [5, 5.41) is 7.51. The van der Waals surface area contributed by atoms with Crippen molar-refractivity contribution in [2.24, 2.45) is 18.0 Å². The van der Waals surface area contributed by atoms with Crippen LogP contribution in [0.25, 0.3) is 0 Å². The molecule has 0 radical (unpaired) electrons. The van der Waals surface area contributed by atoms with Gasteiger partial charge in [-0.3, -0.25) is 4.68 Å². The predicted octanol–water partition coefficient (Wildman–Crippen LogP) is 3.32. The first-order valence-corrected chi connectivity index (χ1v) is 10.0. The van der Waals surface area contributed by atoms with E-state index < -0.39 is 11.7 Å². The van der Waals surface area contributed by atoms with Crippen molar-refractivity contribution in [3.8, 4) is 11.8 Å². The molecule has 8 heteroatoms. The number of alkyl halides is 3. The second-order valence-electron chi connectivity index (χ2n) is 7.38. The van der Waals surface area contributed by atoms with Gasteiger partial charge in [0.15, 0.2) is 5.96 Å². The van der Waals surface area contributed by atoms with Crippen LogP contribution in [0.4, 0.5) is 13.2 Å². The third-order valence-corrected chi connectivity index (χ3v) is 4.93. The molecule has 0 saturated carbocycles. The average molecular weight is 417 g/mol. The lowest BCUT2D eigenvalue weighted by Gasteiger charge is -2.21. The summed E-state index contributed by atoms with van der Waals surface area (Å²) >= 11 is 0. The zero-order chi connectivity index (χ0) is 21.6. The Morgan fingerprint density at radius 2 is 2.20 bits per heavy atom. The van der Waals surface area contributed by atoms with Crippen LogP contribution in [-0.2, 0) is 19.6 Å². The Bertz CT molecular complexity index is 936. The molecule has 1 aromatic carbocycles. The Morgan fingerprint density at radius 1 is 1.37 bits per heavy atom. The molecule has 1 saturated heterocycles. The van der Waals surface area contributed by atoms with E-state index in [1.807, 2.05) is 31.0 Å². The Hall–Kier alpha value is -2.95. The number of aliphatic imine (C=N–C) groups is 1. The van der Waals surface area contributed by atoms with Gasteiger partial charge in [0.25, 0.3) is 0 Å². The van der Waals surface area contributed by atoms with Crippen molar-refractivity contribution < 1.29 is 13.2 Å². The van der Waals surface area contributed by atoms with E-state index in [9.17, 15) is 13.2 Å². The number of rotatable bonds is 4. The molecule has 1 N–H and O–H groups in total. The number of likely N-dealkylation sites (tertiary alicyclic amines) is 1. The first-order chi connectivity index (χ1) is 14.3. The van der Waals surface area contributed by atoms with Crippen LogP contribution in [0, 0.1) is 17.8 Å². The second kappa shape index (κ2) is 9.70. The molecular weight excluding hydrogens is 391 g/mol. The van der Waals surface area contributed by atoms with E-state index in [1.54, 1.807) is 6.07 Å². The molecule has 0 aliphatic carbocycles. The number of hydrogen-bond acceptors (Lipinski definition) is 2. The third kappa shape index (κ3) is 6.02. The molecule has 0 amide bonds. The first kappa shape index (κ1) is 21.8. The molecule has 0 bridgehead atoms. The van der Waals surface area contributed by atoms with Gasteiger partial charge in [0, 0.05) is 38.4 Å². The van der Waals surface area contributed by atoms with E-state index in [2.05, 4.69) is 32.1 Å². The average Bonchev–Trinajstić information content (AvgIpc) is 3.33. The summed E-state index contributed by atoms with van der Waals surface area (Å²) in [5.41, 5.74) is 0.879. The summed E-state index contributed by atoms with van der Waals surface area (Å²) in [6, 6.07) is 5.04. The van der Waals surface area contributed by atoms with Crippen LogP contribution in [0.1, 0.15) is 30.0 Å². The van der Waals surface area contributed by atoms with Crippen molar-refractivity contribution in [2.45, 2.75) is 25.9 Å². The number of halogens is 3. The zero-order valence-electron chi connectivity index (χ0n) is 17.2. The molecule has 30 heavy (non-hydrogen) atoms. The smallest absolute Gasteiger partial charge is 0.356 e. The van der Waals surface area contributed by atoms with E-state index in [0.717, 1.165) is 50.6 Å². The van der Waals surface area contributed by atoms with Crippen molar-refractivity contribution in [3.05, 3.63) is 53.3 Å². The Labute approximate surface area is 175 Å². The highest BCUT2D eigenvalue weighted by molar-refractivity contribution is 5.80. The van der Waals surface area contributed by atoms with Crippen LogP contribution in [-0.4, -0.2) is 46.8 Å². The second-order valence-corrected chi connectivity index (χ2v) is 7.38. The van der Waals surface area contributed by atoms with E-state index >= 15 is 0 Å². The molecule has 1 aliphatic heterocycles. The SMILES string of the molecule is CCNC(=NCC#Cc1cccc(C(F)(F)F)c1)N1CCC(Cc2cnn(C)c2)C1. The molecule has 1 aromatic heterocycles. The number of aromatic nitrogens is 2. The Balaban J connectivity index is 1.60. The first-order valence-electron chi connectivity index (χ1n) is 10.0. The predicted molar refractivity (Wildman–Crippen MR) is 111 cm³/mol. The minimum Gasteiger partial charge on any atom is -0.356 e. The van der Waals surface area contributed by atoms with E-state index in [1.165, 1.54) is 11.6 Å². The quantitative estimate of drug-likeness (QED) is 0.472.